The predicted molar refractivity (Wildman–Crippen MR) is 297 cm³/mol. The van der Waals surface area contributed by atoms with E-state index in [2.05, 4.69) is 254 Å². The first-order chi connectivity index (χ1) is 34.9. The van der Waals surface area contributed by atoms with Crippen LogP contribution in [0, 0.1) is 0 Å². The summed E-state index contributed by atoms with van der Waals surface area (Å²) in [4.78, 5) is 2.42. The summed E-state index contributed by atoms with van der Waals surface area (Å²) in [6, 6.07) is 86.5. The van der Waals surface area contributed by atoms with Crippen molar-refractivity contribution in [3.05, 3.63) is 275 Å². The number of benzene rings is 10. The minimum atomic E-state index is -0.104. The van der Waals surface area contributed by atoms with Crippen molar-refractivity contribution in [1.82, 2.24) is 4.57 Å². The summed E-state index contributed by atoms with van der Waals surface area (Å²) in [5, 5.41) is 2.55. The van der Waals surface area contributed by atoms with Gasteiger partial charge in [-0.05, 0) is 182 Å². The molecule has 0 saturated heterocycles. The smallest absolute Gasteiger partial charge is 0.0541 e. The SMILES string of the molecule is CC1(C)c2ccccc2-c2ccc(N(c3ccc(-c4ccccc4)cc3)c3ccc(-c4ccc5c(c4)c4ccccc4n5-c4cc(CC5Cc6ccccc65)cc(CC5Cc6ccccc65)c4)cc3)cc21. The van der Waals surface area contributed by atoms with Crippen LogP contribution in [0.25, 0.3) is 60.9 Å². The molecule has 2 unspecified atom stereocenters. The first kappa shape index (κ1) is 41.7. The van der Waals surface area contributed by atoms with Gasteiger partial charge in [0, 0.05) is 38.9 Å². The van der Waals surface area contributed by atoms with Crippen molar-refractivity contribution in [2.45, 2.75) is 56.8 Å². The average Bonchev–Trinajstić information content (AvgIpc) is 3.85. The first-order valence-electron chi connectivity index (χ1n) is 25.5. The number of hydrogen-bond donors (Lipinski definition) is 0. The lowest BCUT2D eigenvalue weighted by atomic mass is 9.73. The standard InChI is InChI=1S/C69H54N2/c1-69(2)65-22-12-10-20-61(65)62-34-33-57(44-66(62)69)70(55-29-24-48(25-30-55)47-14-4-3-5-15-47)56-31-26-49(27-32-56)50-28-35-68-64(43-50)63-21-11-13-23-67(63)71(68)58-39-45(37-53-41-51-16-6-8-18-59(51)53)36-46(40-58)38-54-42-52-17-7-9-19-60(52)54/h3-36,39-40,43-44,53-54H,37-38,41-42H2,1-2H3. The molecule has 2 heteroatoms. The van der Waals surface area contributed by atoms with Gasteiger partial charge in [0.15, 0.2) is 0 Å². The predicted octanol–water partition coefficient (Wildman–Crippen LogP) is 17.7. The molecular weight excluding hydrogens is 857 g/mol. The van der Waals surface area contributed by atoms with Gasteiger partial charge < -0.3 is 9.47 Å². The molecule has 1 aromatic heterocycles. The van der Waals surface area contributed by atoms with Crippen LogP contribution in [0.3, 0.4) is 0 Å². The molecule has 0 saturated carbocycles. The van der Waals surface area contributed by atoms with Crippen LogP contribution in [-0.2, 0) is 31.1 Å². The van der Waals surface area contributed by atoms with Crippen molar-refractivity contribution in [1.29, 1.82) is 0 Å². The molecule has 3 aliphatic carbocycles. The summed E-state index contributed by atoms with van der Waals surface area (Å²) < 4.78 is 2.53. The van der Waals surface area contributed by atoms with Gasteiger partial charge in [-0.2, -0.15) is 0 Å². The van der Waals surface area contributed by atoms with Crippen LogP contribution >= 0.6 is 0 Å². The van der Waals surface area contributed by atoms with Crippen molar-refractivity contribution in [3.8, 4) is 39.1 Å². The Morgan fingerprint density at radius 1 is 0.408 bits per heavy atom. The van der Waals surface area contributed by atoms with E-state index >= 15 is 0 Å². The summed E-state index contributed by atoms with van der Waals surface area (Å²) in [6.45, 7) is 4.73. The van der Waals surface area contributed by atoms with Gasteiger partial charge in [-0.1, -0.05) is 178 Å². The van der Waals surface area contributed by atoms with Crippen LogP contribution in [0.1, 0.15) is 70.2 Å². The highest BCUT2D eigenvalue weighted by Gasteiger charge is 2.36. The fourth-order valence-electron chi connectivity index (χ4n) is 12.7. The Morgan fingerprint density at radius 2 is 0.930 bits per heavy atom. The maximum Gasteiger partial charge on any atom is 0.0541 e. The fraction of sp³-hybridized carbons (Fsp3) is 0.130. The van der Waals surface area contributed by atoms with Gasteiger partial charge >= 0.3 is 0 Å². The third kappa shape index (κ3) is 6.99. The van der Waals surface area contributed by atoms with Crippen molar-refractivity contribution in [2.24, 2.45) is 0 Å². The summed E-state index contributed by atoms with van der Waals surface area (Å²) >= 11 is 0. The van der Waals surface area contributed by atoms with Gasteiger partial charge in [0.1, 0.15) is 0 Å². The Hall–Kier alpha value is -8.20. The zero-order valence-electron chi connectivity index (χ0n) is 40.3. The topological polar surface area (TPSA) is 8.17 Å². The Balaban J connectivity index is 0.836. The number of anilines is 3. The quantitative estimate of drug-likeness (QED) is 0.133. The van der Waals surface area contributed by atoms with E-state index in [1.807, 2.05) is 0 Å². The summed E-state index contributed by atoms with van der Waals surface area (Å²) in [6.07, 6.45) is 4.44. The lowest BCUT2D eigenvalue weighted by Gasteiger charge is -2.32. The van der Waals surface area contributed by atoms with E-state index in [9.17, 15) is 0 Å². The summed E-state index contributed by atoms with van der Waals surface area (Å²) in [5.74, 6) is 1.13. The van der Waals surface area contributed by atoms with Gasteiger partial charge in [-0.3, -0.25) is 0 Å². The molecule has 10 aromatic carbocycles. The van der Waals surface area contributed by atoms with Crippen LogP contribution in [0.5, 0.6) is 0 Å². The number of aromatic nitrogens is 1. The molecule has 0 fully saturated rings. The Morgan fingerprint density at radius 3 is 1.61 bits per heavy atom. The molecule has 0 spiro atoms. The largest absolute Gasteiger partial charge is 0.310 e. The molecule has 71 heavy (non-hydrogen) atoms. The summed E-state index contributed by atoms with van der Waals surface area (Å²) in [5.41, 5.74) is 26.2. The normalized spacial score (nSPS) is 15.9. The van der Waals surface area contributed by atoms with E-state index in [0.29, 0.717) is 11.8 Å². The first-order valence-corrected chi connectivity index (χ1v) is 25.5. The molecule has 1 heterocycles. The molecule has 2 nitrogen and oxygen atoms in total. The molecule has 0 radical (unpaired) electrons. The molecule has 0 amide bonds. The van der Waals surface area contributed by atoms with Gasteiger partial charge in [0.2, 0.25) is 0 Å². The molecule has 0 bridgehead atoms. The van der Waals surface area contributed by atoms with E-state index in [0.717, 1.165) is 42.7 Å². The highest BCUT2D eigenvalue weighted by Crippen LogP contribution is 2.51. The van der Waals surface area contributed by atoms with Crippen molar-refractivity contribution in [3.63, 3.8) is 0 Å². The molecule has 0 N–H and O–H groups in total. The maximum absolute atomic E-state index is 2.53. The number of rotatable bonds is 10. The maximum atomic E-state index is 2.53. The zero-order valence-corrected chi connectivity index (χ0v) is 40.3. The highest BCUT2D eigenvalue weighted by molar-refractivity contribution is 6.10. The third-order valence-electron chi connectivity index (χ3n) is 16.4. The van der Waals surface area contributed by atoms with Crippen molar-refractivity contribution < 1.29 is 0 Å². The minimum absolute atomic E-state index is 0.104. The van der Waals surface area contributed by atoms with Gasteiger partial charge in [0.25, 0.3) is 0 Å². The van der Waals surface area contributed by atoms with E-state index < -0.39 is 0 Å². The second-order valence-corrected chi connectivity index (χ2v) is 20.9. The van der Waals surface area contributed by atoms with Crippen LogP contribution < -0.4 is 4.90 Å². The molecule has 2 atom stereocenters. The second-order valence-electron chi connectivity index (χ2n) is 20.9. The average molecular weight is 911 g/mol. The van der Waals surface area contributed by atoms with Gasteiger partial charge in [0.05, 0.1) is 11.0 Å². The number of nitrogens with zero attached hydrogens (tertiary/aromatic N) is 2. The third-order valence-corrected chi connectivity index (χ3v) is 16.4. The number of para-hydroxylation sites is 1. The van der Waals surface area contributed by atoms with Gasteiger partial charge in [-0.25, -0.2) is 0 Å². The molecule has 11 aromatic rings. The van der Waals surface area contributed by atoms with Crippen LogP contribution in [-0.4, -0.2) is 4.57 Å². The Bertz CT molecular complexity index is 3780. The van der Waals surface area contributed by atoms with Crippen LogP contribution in [0.15, 0.2) is 231 Å². The molecule has 340 valence electrons. The summed E-state index contributed by atoms with van der Waals surface area (Å²) in [7, 11) is 0. The van der Waals surface area contributed by atoms with E-state index in [1.165, 1.54) is 105 Å². The molecular formula is C69H54N2. The molecule has 0 aliphatic heterocycles. The van der Waals surface area contributed by atoms with Crippen molar-refractivity contribution in [2.75, 3.05) is 4.90 Å². The van der Waals surface area contributed by atoms with E-state index in [1.54, 1.807) is 0 Å². The Kier molecular flexibility index (Phi) is 9.68. The van der Waals surface area contributed by atoms with Crippen LogP contribution in [0.4, 0.5) is 17.1 Å². The van der Waals surface area contributed by atoms with E-state index in [-0.39, 0.29) is 5.41 Å². The Labute approximate surface area is 417 Å². The molecule has 14 rings (SSSR count). The lowest BCUT2D eigenvalue weighted by Crippen LogP contribution is -2.20. The van der Waals surface area contributed by atoms with Crippen LogP contribution in [0.2, 0.25) is 0 Å². The number of fused-ring (bicyclic) bond motifs is 8. The zero-order chi connectivity index (χ0) is 47.2. The van der Waals surface area contributed by atoms with Gasteiger partial charge in [-0.15, -0.1) is 0 Å². The highest BCUT2D eigenvalue weighted by atomic mass is 15.1. The number of hydrogen-bond acceptors (Lipinski definition) is 1. The lowest BCUT2D eigenvalue weighted by molar-refractivity contribution is 0.596. The second kappa shape index (κ2) is 16.5. The van der Waals surface area contributed by atoms with Crippen molar-refractivity contribution >= 4 is 38.9 Å². The minimum Gasteiger partial charge on any atom is -0.310 e. The fourth-order valence-corrected chi connectivity index (χ4v) is 12.7. The van der Waals surface area contributed by atoms with E-state index in [4.69, 9.17) is 0 Å². The molecule has 3 aliphatic rings. The monoisotopic (exact) mass is 910 g/mol.